The standard InChI is InChI=1S/C13H13FN2O/c1-2-9-6-15-13(16-7-9)10-3-4-12(14)11(5-10)8-17/h3-7,17H,2,8H2,1H3. The summed E-state index contributed by atoms with van der Waals surface area (Å²) in [7, 11) is 0. The Morgan fingerprint density at radius 3 is 2.53 bits per heavy atom. The highest BCUT2D eigenvalue weighted by Crippen LogP contribution is 2.18. The number of hydrogen-bond acceptors (Lipinski definition) is 3. The summed E-state index contributed by atoms with van der Waals surface area (Å²) < 4.78 is 13.2. The molecule has 0 fully saturated rings. The number of halogens is 1. The molecular weight excluding hydrogens is 219 g/mol. The van der Waals surface area contributed by atoms with Gasteiger partial charge in [-0.25, -0.2) is 14.4 Å². The summed E-state index contributed by atoms with van der Waals surface area (Å²) in [4.78, 5) is 8.42. The van der Waals surface area contributed by atoms with Crippen molar-refractivity contribution in [2.24, 2.45) is 0 Å². The van der Waals surface area contributed by atoms with Gasteiger partial charge in [-0.15, -0.1) is 0 Å². The smallest absolute Gasteiger partial charge is 0.159 e. The summed E-state index contributed by atoms with van der Waals surface area (Å²) in [6.45, 7) is 1.70. The third-order valence-electron chi connectivity index (χ3n) is 2.59. The second-order valence-electron chi connectivity index (χ2n) is 3.73. The summed E-state index contributed by atoms with van der Waals surface area (Å²) in [5.74, 6) is 0.123. The number of nitrogens with zero attached hydrogens (tertiary/aromatic N) is 2. The van der Waals surface area contributed by atoms with Crippen LogP contribution < -0.4 is 0 Å². The fourth-order valence-electron chi connectivity index (χ4n) is 1.52. The molecule has 2 rings (SSSR count). The van der Waals surface area contributed by atoms with Gasteiger partial charge in [-0.1, -0.05) is 6.92 Å². The van der Waals surface area contributed by atoms with Crippen molar-refractivity contribution in [1.82, 2.24) is 9.97 Å². The molecule has 1 heterocycles. The van der Waals surface area contributed by atoms with Crippen molar-refractivity contribution in [3.05, 3.63) is 47.5 Å². The molecule has 3 nitrogen and oxygen atoms in total. The van der Waals surface area contributed by atoms with Gasteiger partial charge < -0.3 is 5.11 Å². The van der Waals surface area contributed by atoms with E-state index in [4.69, 9.17) is 5.11 Å². The van der Waals surface area contributed by atoms with E-state index >= 15 is 0 Å². The molecule has 0 saturated carbocycles. The van der Waals surface area contributed by atoms with Gasteiger partial charge in [0.15, 0.2) is 5.82 Å². The molecule has 0 radical (unpaired) electrons. The third-order valence-corrected chi connectivity index (χ3v) is 2.59. The summed E-state index contributed by atoms with van der Waals surface area (Å²) in [6, 6.07) is 4.49. The molecule has 1 N–H and O–H groups in total. The first-order valence-corrected chi connectivity index (χ1v) is 5.45. The van der Waals surface area contributed by atoms with Crippen molar-refractivity contribution in [3.63, 3.8) is 0 Å². The maximum Gasteiger partial charge on any atom is 0.159 e. The first-order chi connectivity index (χ1) is 8.24. The number of benzene rings is 1. The van der Waals surface area contributed by atoms with E-state index in [1.165, 1.54) is 6.07 Å². The van der Waals surface area contributed by atoms with Crippen LogP contribution >= 0.6 is 0 Å². The highest BCUT2D eigenvalue weighted by atomic mass is 19.1. The van der Waals surface area contributed by atoms with Gasteiger partial charge in [-0.3, -0.25) is 0 Å². The van der Waals surface area contributed by atoms with Crippen LogP contribution in [0.25, 0.3) is 11.4 Å². The molecule has 88 valence electrons. The third kappa shape index (κ3) is 2.47. The Morgan fingerprint density at radius 1 is 1.24 bits per heavy atom. The van der Waals surface area contributed by atoms with Crippen LogP contribution in [0.3, 0.4) is 0 Å². The number of rotatable bonds is 3. The largest absolute Gasteiger partial charge is 0.392 e. The second-order valence-corrected chi connectivity index (χ2v) is 3.73. The van der Waals surface area contributed by atoms with Gasteiger partial charge in [0.25, 0.3) is 0 Å². The second kappa shape index (κ2) is 5.01. The van der Waals surface area contributed by atoms with Gasteiger partial charge in [0, 0.05) is 23.5 Å². The lowest BCUT2D eigenvalue weighted by Crippen LogP contribution is -1.94. The average Bonchev–Trinajstić information content (AvgIpc) is 2.39. The van der Waals surface area contributed by atoms with Gasteiger partial charge >= 0.3 is 0 Å². The van der Waals surface area contributed by atoms with Crippen molar-refractivity contribution in [1.29, 1.82) is 0 Å². The minimum Gasteiger partial charge on any atom is -0.392 e. The van der Waals surface area contributed by atoms with Crippen LogP contribution in [0.1, 0.15) is 18.1 Å². The van der Waals surface area contributed by atoms with E-state index in [-0.39, 0.29) is 12.2 Å². The Balaban J connectivity index is 2.38. The van der Waals surface area contributed by atoms with Crippen molar-refractivity contribution < 1.29 is 9.50 Å². The molecule has 0 atom stereocenters. The van der Waals surface area contributed by atoms with Crippen LogP contribution in [0, 0.1) is 5.82 Å². The molecule has 0 aliphatic heterocycles. The summed E-state index contributed by atoms with van der Waals surface area (Å²) in [5, 5.41) is 8.99. The van der Waals surface area contributed by atoms with E-state index in [9.17, 15) is 4.39 Å². The number of aliphatic hydroxyl groups is 1. The first-order valence-electron chi connectivity index (χ1n) is 5.45. The predicted molar refractivity (Wildman–Crippen MR) is 62.7 cm³/mol. The average molecular weight is 232 g/mol. The molecule has 17 heavy (non-hydrogen) atoms. The molecule has 1 aromatic carbocycles. The molecular formula is C13H13FN2O. The van der Waals surface area contributed by atoms with Crippen LogP contribution in [0.5, 0.6) is 0 Å². The highest BCUT2D eigenvalue weighted by Gasteiger charge is 2.06. The minimum absolute atomic E-state index is 0.255. The number of hydrogen-bond donors (Lipinski definition) is 1. The van der Waals surface area contributed by atoms with Crippen LogP contribution in [0.2, 0.25) is 0 Å². The molecule has 0 amide bonds. The predicted octanol–water partition coefficient (Wildman–Crippen LogP) is 2.34. The maximum absolute atomic E-state index is 13.2. The summed E-state index contributed by atoms with van der Waals surface area (Å²) >= 11 is 0. The van der Waals surface area contributed by atoms with Gasteiger partial charge in [-0.05, 0) is 30.2 Å². The number of aryl methyl sites for hydroxylation is 1. The van der Waals surface area contributed by atoms with Crippen LogP contribution in [0.15, 0.2) is 30.6 Å². The molecule has 4 heteroatoms. The molecule has 0 aliphatic rings. The van der Waals surface area contributed by atoms with Crippen LogP contribution in [0.4, 0.5) is 4.39 Å². The van der Waals surface area contributed by atoms with Gasteiger partial charge in [0.2, 0.25) is 0 Å². The van der Waals surface area contributed by atoms with Gasteiger partial charge in [-0.2, -0.15) is 0 Å². The van der Waals surface area contributed by atoms with E-state index < -0.39 is 5.82 Å². The van der Waals surface area contributed by atoms with Gasteiger partial charge in [0.05, 0.1) is 6.61 Å². The van der Waals surface area contributed by atoms with Crippen molar-refractivity contribution in [3.8, 4) is 11.4 Å². The number of aromatic nitrogens is 2. The molecule has 0 unspecified atom stereocenters. The number of aliphatic hydroxyl groups excluding tert-OH is 1. The van der Waals surface area contributed by atoms with Crippen LogP contribution in [-0.4, -0.2) is 15.1 Å². The lowest BCUT2D eigenvalue weighted by atomic mass is 10.1. The van der Waals surface area contributed by atoms with E-state index in [0.717, 1.165) is 12.0 Å². The van der Waals surface area contributed by atoms with Crippen LogP contribution in [-0.2, 0) is 13.0 Å². The van der Waals surface area contributed by atoms with Gasteiger partial charge in [0.1, 0.15) is 5.82 Å². The first kappa shape index (κ1) is 11.7. The SMILES string of the molecule is CCc1cnc(-c2ccc(F)c(CO)c2)nc1. The molecule has 0 spiro atoms. The van der Waals surface area contributed by atoms with E-state index in [1.54, 1.807) is 24.5 Å². The Hall–Kier alpha value is -1.81. The van der Waals surface area contributed by atoms with Crippen molar-refractivity contribution in [2.45, 2.75) is 20.0 Å². The van der Waals surface area contributed by atoms with Crippen molar-refractivity contribution in [2.75, 3.05) is 0 Å². The Morgan fingerprint density at radius 2 is 1.94 bits per heavy atom. The Bertz CT molecular complexity index is 511. The fourth-order valence-corrected chi connectivity index (χ4v) is 1.52. The van der Waals surface area contributed by atoms with E-state index in [1.807, 2.05) is 6.92 Å². The Labute approximate surface area is 99.0 Å². The summed E-state index contributed by atoms with van der Waals surface area (Å²) in [5.41, 5.74) is 2.02. The molecule has 0 saturated heterocycles. The molecule has 0 bridgehead atoms. The molecule has 1 aromatic heterocycles. The lowest BCUT2D eigenvalue weighted by molar-refractivity contribution is 0.276. The maximum atomic E-state index is 13.2. The monoisotopic (exact) mass is 232 g/mol. The minimum atomic E-state index is -0.415. The molecule has 2 aromatic rings. The zero-order valence-electron chi connectivity index (χ0n) is 9.52. The van der Waals surface area contributed by atoms with E-state index in [2.05, 4.69) is 9.97 Å². The highest BCUT2D eigenvalue weighted by molar-refractivity contribution is 5.56. The zero-order chi connectivity index (χ0) is 12.3. The lowest BCUT2D eigenvalue weighted by Gasteiger charge is -2.04. The van der Waals surface area contributed by atoms with Crippen molar-refractivity contribution >= 4 is 0 Å². The Kier molecular flexibility index (Phi) is 3.44. The fraction of sp³-hybridized carbons (Fsp3) is 0.231. The topological polar surface area (TPSA) is 46.0 Å². The normalized spacial score (nSPS) is 10.5. The van der Waals surface area contributed by atoms with E-state index in [0.29, 0.717) is 11.4 Å². The quantitative estimate of drug-likeness (QED) is 0.883. The summed E-state index contributed by atoms with van der Waals surface area (Å²) in [6.07, 6.45) is 4.39. The molecule has 0 aliphatic carbocycles. The zero-order valence-corrected chi connectivity index (χ0v) is 9.52.